The van der Waals surface area contributed by atoms with E-state index in [1.807, 2.05) is 0 Å². The summed E-state index contributed by atoms with van der Waals surface area (Å²) in [7, 11) is 3.52. The largest absolute Gasteiger partial charge is 0.382 e. The van der Waals surface area contributed by atoms with Crippen molar-refractivity contribution in [3.8, 4) is 0 Å². The van der Waals surface area contributed by atoms with Gasteiger partial charge in [-0.3, -0.25) is 4.79 Å². The summed E-state index contributed by atoms with van der Waals surface area (Å²) < 4.78 is 26.8. The summed E-state index contributed by atoms with van der Waals surface area (Å²) in [5.41, 5.74) is 5.53. The van der Waals surface area contributed by atoms with E-state index < -0.39 is 17.5 Å². The fraction of sp³-hybridized carbons (Fsp3) is 0.167. The van der Waals surface area contributed by atoms with E-state index in [4.69, 9.17) is 5.73 Å². The average molecular weight is 377 g/mol. The molecule has 0 fully saturated rings. The number of rotatable bonds is 3. The van der Waals surface area contributed by atoms with Gasteiger partial charge in [0.05, 0.1) is 10.2 Å². The standard InChI is InChI=1S/C12H11BrF2N4OS/c1-19(2)12-18-10(16)9(21-12)11(20)17-8-3-5(13)6(14)4-7(8)15/h3-4H,16H2,1-2H3,(H,17,20). The van der Waals surface area contributed by atoms with Crippen molar-refractivity contribution in [2.75, 3.05) is 30.0 Å². The number of thiazole rings is 1. The van der Waals surface area contributed by atoms with Crippen molar-refractivity contribution in [2.45, 2.75) is 0 Å². The van der Waals surface area contributed by atoms with Gasteiger partial charge in [0.2, 0.25) is 0 Å². The zero-order valence-corrected chi connectivity index (χ0v) is 13.5. The second-order valence-corrected chi connectivity index (χ2v) is 6.14. The Morgan fingerprint density at radius 1 is 1.38 bits per heavy atom. The highest BCUT2D eigenvalue weighted by atomic mass is 79.9. The van der Waals surface area contributed by atoms with Crippen molar-refractivity contribution in [1.29, 1.82) is 0 Å². The number of hydrogen-bond acceptors (Lipinski definition) is 5. The van der Waals surface area contributed by atoms with E-state index in [-0.39, 0.29) is 20.9 Å². The normalized spacial score (nSPS) is 10.5. The van der Waals surface area contributed by atoms with Crippen LogP contribution in [-0.2, 0) is 0 Å². The number of nitrogens with one attached hydrogen (secondary N) is 1. The molecule has 2 aromatic rings. The topological polar surface area (TPSA) is 71.2 Å². The number of nitrogens with two attached hydrogens (primary N) is 1. The molecule has 0 aliphatic carbocycles. The van der Waals surface area contributed by atoms with Crippen LogP contribution in [0.25, 0.3) is 0 Å². The van der Waals surface area contributed by atoms with Gasteiger partial charge in [-0.1, -0.05) is 11.3 Å². The lowest BCUT2D eigenvalue weighted by Crippen LogP contribution is -2.13. The molecule has 0 saturated heterocycles. The summed E-state index contributed by atoms with van der Waals surface area (Å²) in [6.07, 6.45) is 0. The third-order valence-electron chi connectivity index (χ3n) is 2.49. The van der Waals surface area contributed by atoms with Crippen molar-refractivity contribution >= 4 is 49.8 Å². The minimum absolute atomic E-state index is 0.0467. The van der Waals surface area contributed by atoms with E-state index in [1.165, 1.54) is 0 Å². The Labute approximate surface area is 131 Å². The molecule has 0 aliphatic rings. The summed E-state index contributed by atoms with van der Waals surface area (Å²) in [6.45, 7) is 0. The van der Waals surface area contributed by atoms with Crippen LogP contribution in [0.5, 0.6) is 0 Å². The number of nitrogens with zero attached hydrogens (tertiary/aromatic N) is 2. The predicted molar refractivity (Wildman–Crippen MR) is 82.9 cm³/mol. The highest BCUT2D eigenvalue weighted by Crippen LogP contribution is 2.29. The number of halogens is 3. The van der Waals surface area contributed by atoms with Gasteiger partial charge in [-0.15, -0.1) is 0 Å². The third kappa shape index (κ3) is 3.30. The molecule has 5 nitrogen and oxygen atoms in total. The predicted octanol–water partition coefficient (Wildman–Crippen LogP) is 3.08. The molecule has 1 aromatic heterocycles. The van der Waals surface area contributed by atoms with Crippen LogP contribution in [0.4, 0.5) is 25.4 Å². The van der Waals surface area contributed by atoms with E-state index in [9.17, 15) is 13.6 Å². The fourth-order valence-corrected chi connectivity index (χ4v) is 2.62. The van der Waals surface area contributed by atoms with Crippen molar-refractivity contribution in [3.05, 3.63) is 33.1 Å². The first-order chi connectivity index (χ1) is 9.79. The Hall–Kier alpha value is -1.74. The molecule has 0 unspecified atom stereocenters. The van der Waals surface area contributed by atoms with Gasteiger partial charge in [0.1, 0.15) is 22.3 Å². The second kappa shape index (κ2) is 5.94. The maximum Gasteiger partial charge on any atom is 0.269 e. The molecule has 1 heterocycles. The number of amides is 1. The summed E-state index contributed by atoms with van der Waals surface area (Å²) in [5.74, 6) is -2.17. The Balaban J connectivity index is 2.28. The number of nitrogen functional groups attached to an aromatic ring is 1. The van der Waals surface area contributed by atoms with Gasteiger partial charge in [0.15, 0.2) is 5.13 Å². The minimum atomic E-state index is -0.875. The molecule has 1 amide bonds. The quantitative estimate of drug-likeness (QED) is 0.807. The number of aromatic nitrogens is 1. The van der Waals surface area contributed by atoms with E-state index in [0.29, 0.717) is 11.2 Å². The Morgan fingerprint density at radius 3 is 2.62 bits per heavy atom. The number of carbonyl (C=O) groups excluding carboxylic acids is 1. The zero-order valence-electron chi connectivity index (χ0n) is 11.1. The lowest BCUT2D eigenvalue weighted by Gasteiger charge is -2.07. The summed E-state index contributed by atoms with van der Waals surface area (Å²) in [5, 5.41) is 2.90. The van der Waals surface area contributed by atoms with Crippen LogP contribution in [0.15, 0.2) is 16.6 Å². The Kier molecular flexibility index (Phi) is 4.43. The van der Waals surface area contributed by atoms with Crippen LogP contribution in [-0.4, -0.2) is 25.0 Å². The molecule has 0 spiro atoms. The smallest absolute Gasteiger partial charge is 0.269 e. The van der Waals surface area contributed by atoms with E-state index in [1.54, 1.807) is 19.0 Å². The molecule has 21 heavy (non-hydrogen) atoms. The summed E-state index contributed by atoms with van der Waals surface area (Å²) in [6, 6.07) is 1.83. The molecule has 0 radical (unpaired) electrons. The maximum atomic E-state index is 13.6. The van der Waals surface area contributed by atoms with Crippen LogP contribution in [0.3, 0.4) is 0 Å². The Morgan fingerprint density at radius 2 is 2.05 bits per heavy atom. The minimum Gasteiger partial charge on any atom is -0.382 e. The van der Waals surface area contributed by atoms with Crippen LogP contribution < -0.4 is 16.0 Å². The zero-order chi connectivity index (χ0) is 15.7. The van der Waals surface area contributed by atoms with E-state index in [0.717, 1.165) is 17.4 Å². The molecule has 0 bridgehead atoms. The molecule has 2 rings (SSSR count). The van der Waals surface area contributed by atoms with Gasteiger partial charge in [0.25, 0.3) is 5.91 Å². The molecular formula is C12H11BrF2N4OS. The molecule has 0 saturated carbocycles. The molecule has 0 atom stereocenters. The van der Waals surface area contributed by atoms with Crippen LogP contribution >= 0.6 is 27.3 Å². The molecular weight excluding hydrogens is 366 g/mol. The molecule has 112 valence electrons. The van der Waals surface area contributed by atoms with Crippen LogP contribution in [0, 0.1) is 11.6 Å². The highest BCUT2D eigenvalue weighted by molar-refractivity contribution is 9.10. The van der Waals surface area contributed by atoms with Crippen LogP contribution in [0.2, 0.25) is 0 Å². The lowest BCUT2D eigenvalue weighted by atomic mass is 10.3. The van der Waals surface area contributed by atoms with Crippen LogP contribution in [0.1, 0.15) is 9.67 Å². The van der Waals surface area contributed by atoms with Gasteiger partial charge < -0.3 is 16.0 Å². The first-order valence-corrected chi connectivity index (χ1v) is 7.30. The van der Waals surface area contributed by atoms with Gasteiger partial charge in [0, 0.05) is 20.2 Å². The number of hydrogen-bond donors (Lipinski definition) is 2. The van der Waals surface area contributed by atoms with Gasteiger partial charge in [-0.25, -0.2) is 13.8 Å². The molecule has 1 aromatic carbocycles. The number of benzene rings is 1. The Bertz CT molecular complexity index is 705. The average Bonchev–Trinajstić information content (AvgIpc) is 2.78. The van der Waals surface area contributed by atoms with Gasteiger partial charge in [-0.2, -0.15) is 0 Å². The van der Waals surface area contributed by atoms with Crippen molar-refractivity contribution in [2.24, 2.45) is 0 Å². The van der Waals surface area contributed by atoms with Gasteiger partial charge in [-0.05, 0) is 22.0 Å². The molecule has 0 aliphatic heterocycles. The lowest BCUT2D eigenvalue weighted by molar-refractivity contribution is 0.103. The van der Waals surface area contributed by atoms with Crippen molar-refractivity contribution < 1.29 is 13.6 Å². The summed E-state index contributed by atoms with van der Waals surface area (Å²) >= 11 is 4.01. The number of carbonyl (C=O) groups is 1. The first-order valence-electron chi connectivity index (χ1n) is 5.69. The fourth-order valence-electron chi connectivity index (χ4n) is 1.47. The highest BCUT2D eigenvalue weighted by Gasteiger charge is 2.19. The van der Waals surface area contributed by atoms with Crippen molar-refractivity contribution in [3.63, 3.8) is 0 Å². The monoisotopic (exact) mass is 376 g/mol. The molecule has 3 N–H and O–H groups in total. The van der Waals surface area contributed by atoms with E-state index >= 15 is 0 Å². The first kappa shape index (κ1) is 15.6. The third-order valence-corrected chi connectivity index (χ3v) is 4.33. The number of anilines is 3. The molecule has 9 heteroatoms. The second-order valence-electron chi connectivity index (χ2n) is 4.31. The van der Waals surface area contributed by atoms with E-state index in [2.05, 4.69) is 26.2 Å². The summed E-state index contributed by atoms with van der Waals surface area (Å²) in [4.78, 5) is 18.0. The van der Waals surface area contributed by atoms with Crippen molar-refractivity contribution in [1.82, 2.24) is 4.98 Å². The SMILES string of the molecule is CN(C)c1nc(N)c(C(=O)Nc2cc(Br)c(F)cc2F)s1. The van der Waals surface area contributed by atoms with Gasteiger partial charge >= 0.3 is 0 Å². The maximum absolute atomic E-state index is 13.6.